The lowest BCUT2D eigenvalue weighted by atomic mass is 10.1. The summed E-state index contributed by atoms with van der Waals surface area (Å²) in [4.78, 5) is 1.23. The van der Waals surface area contributed by atoms with Crippen molar-refractivity contribution in [2.75, 3.05) is 5.73 Å². The highest BCUT2D eigenvalue weighted by atomic mass is 32.1. The van der Waals surface area contributed by atoms with Crippen LogP contribution in [0.1, 0.15) is 38.3 Å². The molecule has 3 nitrogen and oxygen atoms in total. The van der Waals surface area contributed by atoms with Crippen molar-refractivity contribution < 1.29 is 0 Å². The van der Waals surface area contributed by atoms with Crippen molar-refractivity contribution in [2.45, 2.75) is 39.0 Å². The standard InChI is InChI=1S/C14H21N3S/c1-3-4-5-6-8-11-13(12-9-7-10-18-12)14(15)17(2)16-11/h7,9-10H,3-6,8,15H2,1-2H3. The maximum atomic E-state index is 6.13. The molecule has 2 rings (SSSR count). The van der Waals surface area contributed by atoms with Crippen LogP contribution in [-0.4, -0.2) is 9.78 Å². The van der Waals surface area contributed by atoms with Crippen molar-refractivity contribution in [1.29, 1.82) is 0 Å². The van der Waals surface area contributed by atoms with Crippen LogP contribution in [0, 0.1) is 0 Å². The van der Waals surface area contributed by atoms with Crippen molar-refractivity contribution in [3.05, 3.63) is 23.2 Å². The molecule has 0 saturated carbocycles. The molecule has 0 bridgehead atoms. The lowest BCUT2D eigenvalue weighted by Gasteiger charge is -2.01. The van der Waals surface area contributed by atoms with E-state index in [1.807, 2.05) is 7.05 Å². The molecule has 0 aliphatic heterocycles. The third-order valence-corrected chi connectivity index (χ3v) is 4.09. The molecule has 0 amide bonds. The molecule has 2 N–H and O–H groups in total. The van der Waals surface area contributed by atoms with Crippen LogP contribution in [0.5, 0.6) is 0 Å². The first-order valence-corrected chi connectivity index (χ1v) is 7.47. The van der Waals surface area contributed by atoms with E-state index in [1.165, 1.54) is 30.6 Å². The largest absolute Gasteiger partial charge is 0.383 e. The second-order valence-corrected chi connectivity index (χ2v) is 5.57. The third-order valence-electron chi connectivity index (χ3n) is 3.20. The van der Waals surface area contributed by atoms with Crippen LogP contribution < -0.4 is 5.73 Å². The van der Waals surface area contributed by atoms with Crippen molar-refractivity contribution >= 4 is 17.2 Å². The van der Waals surface area contributed by atoms with Gasteiger partial charge in [0, 0.05) is 11.9 Å². The van der Waals surface area contributed by atoms with Gasteiger partial charge in [-0.3, -0.25) is 4.68 Å². The number of aryl methyl sites for hydroxylation is 2. The smallest absolute Gasteiger partial charge is 0.130 e. The number of unbranched alkanes of at least 4 members (excludes halogenated alkanes) is 3. The number of thiophene rings is 1. The SMILES string of the molecule is CCCCCCc1nn(C)c(N)c1-c1cccs1. The van der Waals surface area contributed by atoms with Gasteiger partial charge in [-0.2, -0.15) is 5.10 Å². The van der Waals surface area contributed by atoms with Crippen LogP contribution in [-0.2, 0) is 13.5 Å². The quantitative estimate of drug-likeness (QED) is 0.804. The molecule has 0 aliphatic rings. The van der Waals surface area contributed by atoms with Gasteiger partial charge in [0.15, 0.2) is 0 Å². The van der Waals surface area contributed by atoms with Gasteiger partial charge in [0.2, 0.25) is 0 Å². The molecule has 0 spiro atoms. The molecule has 2 heterocycles. The Bertz CT molecular complexity index is 485. The van der Waals surface area contributed by atoms with E-state index in [1.54, 1.807) is 16.0 Å². The molecule has 2 aromatic heterocycles. The summed E-state index contributed by atoms with van der Waals surface area (Å²) >= 11 is 1.73. The Morgan fingerprint density at radius 2 is 2.17 bits per heavy atom. The van der Waals surface area contributed by atoms with E-state index in [4.69, 9.17) is 5.73 Å². The van der Waals surface area contributed by atoms with Gasteiger partial charge >= 0.3 is 0 Å². The summed E-state index contributed by atoms with van der Waals surface area (Å²) in [6.07, 6.45) is 6.07. The molecule has 0 atom stereocenters. The molecular formula is C14H21N3S. The Labute approximate surface area is 113 Å². The van der Waals surface area contributed by atoms with Crippen LogP contribution >= 0.6 is 11.3 Å². The van der Waals surface area contributed by atoms with Gasteiger partial charge < -0.3 is 5.73 Å². The van der Waals surface area contributed by atoms with E-state index >= 15 is 0 Å². The van der Waals surface area contributed by atoms with E-state index < -0.39 is 0 Å². The Morgan fingerprint density at radius 3 is 2.83 bits per heavy atom. The summed E-state index contributed by atoms with van der Waals surface area (Å²) in [5.41, 5.74) is 8.42. The predicted molar refractivity (Wildman–Crippen MR) is 78.8 cm³/mol. The monoisotopic (exact) mass is 263 g/mol. The number of anilines is 1. The lowest BCUT2D eigenvalue weighted by Crippen LogP contribution is -1.97. The van der Waals surface area contributed by atoms with E-state index in [9.17, 15) is 0 Å². The molecule has 4 heteroatoms. The van der Waals surface area contributed by atoms with Crippen LogP contribution in [0.4, 0.5) is 5.82 Å². The second kappa shape index (κ2) is 6.05. The fraction of sp³-hybridized carbons (Fsp3) is 0.500. The summed E-state index contributed by atoms with van der Waals surface area (Å²) in [5, 5.41) is 6.65. The summed E-state index contributed by atoms with van der Waals surface area (Å²) in [6, 6.07) is 4.18. The molecule has 98 valence electrons. The van der Waals surface area contributed by atoms with Crippen LogP contribution in [0.2, 0.25) is 0 Å². The molecule has 18 heavy (non-hydrogen) atoms. The molecular weight excluding hydrogens is 242 g/mol. The molecule has 0 aliphatic carbocycles. The fourth-order valence-electron chi connectivity index (χ4n) is 2.18. The van der Waals surface area contributed by atoms with Gasteiger partial charge in [0.25, 0.3) is 0 Å². The zero-order chi connectivity index (χ0) is 13.0. The Kier molecular flexibility index (Phi) is 4.42. The Morgan fingerprint density at radius 1 is 1.33 bits per heavy atom. The molecule has 0 fully saturated rings. The number of nitrogen functional groups attached to an aromatic ring is 1. The van der Waals surface area contributed by atoms with Crippen molar-refractivity contribution in [3.63, 3.8) is 0 Å². The number of aromatic nitrogens is 2. The third kappa shape index (κ3) is 2.75. The molecule has 2 aromatic rings. The molecule has 0 unspecified atom stereocenters. The minimum Gasteiger partial charge on any atom is -0.383 e. The Balaban J connectivity index is 2.17. The van der Waals surface area contributed by atoms with Crippen LogP contribution in [0.25, 0.3) is 10.4 Å². The fourth-order valence-corrected chi connectivity index (χ4v) is 2.98. The average molecular weight is 263 g/mol. The van der Waals surface area contributed by atoms with Gasteiger partial charge in [-0.1, -0.05) is 32.3 Å². The van der Waals surface area contributed by atoms with Gasteiger partial charge in [0.05, 0.1) is 11.3 Å². The molecule has 0 radical (unpaired) electrons. The van der Waals surface area contributed by atoms with Gasteiger partial charge in [0.1, 0.15) is 5.82 Å². The topological polar surface area (TPSA) is 43.8 Å². The predicted octanol–water partition coefficient (Wildman–Crippen LogP) is 3.85. The average Bonchev–Trinajstić information content (AvgIpc) is 2.95. The van der Waals surface area contributed by atoms with Gasteiger partial charge in [-0.25, -0.2) is 0 Å². The van der Waals surface area contributed by atoms with E-state index in [-0.39, 0.29) is 0 Å². The normalized spacial score (nSPS) is 11.0. The molecule has 0 aromatic carbocycles. The summed E-state index contributed by atoms with van der Waals surface area (Å²) in [6.45, 7) is 2.23. The number of nitrogens with two attached hydrogens (primary N) is 1. The number of rotatable bonds is 6. The highest BCUT2D eigenvalue weighted by Crippen LogP contribution is 2.33. The number of hydrogen-bond acceptors (Lipinski definition) is 3. The summed E-state index contributed by atoms with van der Waals surface area (Å²) in [5.74, 6) is 0.781. The van der Waals surface area contributed by atoms with Crippen molar-refractivity contribution in [2.24, 2.45) is 7.05 Å². The van der Waals surface area contributed by atoms with E-state index in [0.717, 1.165) is 23.5 Å². The lowest BCUT2D eigenvalue weighted by molar-refractivity contribution is 0.651. The van der Waals surface area contributed by atoms with Gasteiger partial charge in [-0.15, -0.1) is 11.3 Å². The molecule has 0 saturated heterocycles. The van der Waals surface area contributed by atoms with Gasteiger partial charge in [-0.05, 0) is 24.3 Å². The zero-order valence-electron chi connectivity index (χ0n) is 11.1. The van der Waals surface area contributed by atoms with Crippen molar-refractivity contribution in [1.82, 2.24) is 9.78 Å². The van der Waals surface area contributed by atoms with E-state index in [0.29, 0.717) is 0 Å². The minimum atomic E-state index is 0.781. The Hall–Kier alpha value is -1.29. The maximum Gasteiger partial charge on any atom is 0.130 e. The summed E-state index contributed by atoms with van der Waals surface area (Å²) in [7, 11) is 1.92. The maximum absolute atomic E-state index is 6.13. The van der Waals surface area contributed by atoms with Crippen LogP contribution in [0.3, 0.4) is 0 Å². The first-order chi connectivity index (χ1) is 8.74. The van der Waals surface area contributed by atoms with Crippen LogP contribution in [0.15, 0.2) is 17.5 Å². The number of hydrogen-bond donors (Lipinski definition) is 1. The zero-order valence-corrected chi connectivity index (χ0v) is 12.0. The number of nitrogens with zero attached hydrogens (tertiary/aromatic N) is 2. The minimum absolute atomic E-state index is 0.781. The first-order valence-electron chi connectivity index (χ1n) is 6.59. The van der Waals surface area contributed by atoms with E-state index in [2.05, 4.69) is 29.5 Å². The highest BCUT2D eigenvalue weighted by Gasteiger charge is 2.15. The highest BCUT2D eigenvalue weighted by molar-refractivity contribution is 7.13. The second-order valence-electron chi connectivity index (χ2n) is 4.62. The first kappa shape index (κ1) is 13.1. The van der Waals surface area contributed by atoms with Crippen molar-refractivity contribution in [3.8, 4) is 10.4 Å². The summed E-state index contributed by atoms with van der Waals surface area (Å²) < 4.78 is 1.80.